The summed E-state index contributed by atoms with van der Waals surface area (Å²) in [5.41, 5.74) is 1.95. The standard InChI is InChI=1S/C15H17N3O3S2.C9H8N2OS2.C6H10ClNO2.C4H8O.CH4/c1-20-12-4-2-11(3-5-12)14-16-15(23-17-14)22-10-13(19)18-6-8-21-9-7-18;1-12-7-4-2-6(3-5-7)8-10-9(13)14-11-8;7-5-6(9)8-1-3-10-4-2-8;1-2-4-5-3-1;/h2-5H,6-10H2,1H3;2-5H,1H3,(H,10,11,13);1-5H2;1-4H2;1H4. The van der Waals surface area contributed by atoms with Crippen LogP contribution in [0.1, 0.15) is 20.3 Å². The molecule has 2 amide bonds. The number of benzene rings is 2. The van der Waals surface area contributed by atoms with Gasteiger partial charge in [-0.3, -0.25) is 14.0 Å². The van der Waals surface area contributed by atoms with E-state index in [4.69, 9.17) is 47.5 Å². The maximum Gasteiger partial charge on any atom is 0.237 e. The second-order valence-electron chi connectivity index (χ2n) is 11.0. The molecular formula is C35H47ClN6O7S4. The second kappa shape index (κ2) is 25.0. The maximum atomic E-state index is 12.1. The van der Waals surface area contributed by atoms with Crippen LogP contribution in [0.5, 0.6) is 11.5 Å². The number of H-pyrrole nitrogens is 1. The molecule has 0 radical (unpaired) electrons. The number of carbonyl (C=O) groups is 2. The smallest absolute Gasteiger partial charge is 0.237 e. The Morgan fingerprint density at radius 1 is 0.811 bits per heavy atom. The van der Waals surface area contributed by atoms with Crippen LogP contribution in [0.4, 0.5) is 0 Å². The molecule has 0 saturated carbocycles. The van der Waals surface area contributed by atoms with Gasteiger partial charge < -0.3 is 33.5 Å². The molecule has 3 fully saturated rings. The molecule has 0 aliphatic carbocycles. The number of hydrogen-bond donors (Lipinski definition) is 1. The van der Waals surface area contributed by atoms with Gasteiger partial charge in [-0.1, -0.05) is 19.2 Å². The minimum Gasteiger partial charge on any atom is -0.497 e. The average molecular weight is 828 g/mol. The Bertz CT molecular complexity index is 1670. The summed E-state index contributed by atoms with van der Waals surface area (Å²) in [5, 5.41) is 0. The van der Waals surface area contributed by atoms with E-state index in [1.54, 1.807) is 19.1 Å². The van der Waals surface area contributed by atoms with Crippen LogP contribution in [0, 0.1) is 3.95 Å². The minimum atomic E-state index is 0. The zero-order valence-electron chi connectivity index (χ0n) is 29.1. The van der Waals surface area contributed by atoms with Crippen molar-refractivity contribution in [3.63, 3.8) is 0 Å². The van der Waals surface area contributed by atoms with E-state index in [1.807, 2.05) is 53.4 Å². The number of alkyl halides is 1. The van der Waals surface area contributed by atoms with Gasteiger partial charge in [0.2, 0.25) is 11.8 Å². The van der Waals surface area contributed by atoms with E-state index in [-0.39, 0.29) is 25.1 Å². The van der Waals surface area contributed by atoms with Crippen LogP contribution in [0.15, 0.2) is 52.9 Å². The molecule has 0 atom stereocenters. The fourth-order valence-corrected chi connectivity index (χ4v) is 7.05. The Morgan fingerprint density at radius 3 is 1.77 bits per heavy atom. The van der Waals surface area contributed by atoms with Crippen molar-refractivity contribution in [3.05, 3.63) is 52.5 Å². The molecule has 5 heterocycles. The van der Waals surface area contributed by atoms with Crippen LogP contribution in [-0.4, -0.2) is 132 Å². The van der Waals surface area contributed by atoms with Crippen LogP contribution < -0.4 is 9.47 Å². The summed E-state index contributed by atoms with van der Waals surface area (Å²) >= 11 is 14.4. The summed E-state index contributed by atoms with van der Waals surface area (Å²) in [5.74, 6) is 3.72. The van der Waals surface area contributed by atoms with Gasteiger partial charge in [0.25, 0.3) is 0 Å². The first-order valence-electron chi connectivity index (χ1n) is 16.6. The highest BCUT2D eigenvalue weighted by Gasteiger charge is 2.18. The molecule has 4 aromatic rings. The third kappa shape index (κ3) is 15.6. The van der Waals surface area contributed by atoms with E-state index < -0.39 is 0 Å². The molecule has 290 valence electrons. The third-order valence-electron chi connectivity index (χ3n) is 7.55. The molecule has 2 aromatic heterocycles. The molecule has 3 aliphatic rings. The molecule has 1 N–H and O–H groups in total. The molecule has 18 heteroatoms. The summed E-state index contributed by atoms with van der Waals surface area (Å²) < 4.78 is 34.3. The van der Waals surface area contributed by atoms with E-state index >= 15 is 0 Å². The van der Waals surface area contributed by atoms with Gasteiger partial charge >= 0.3 is 0 Å². The molecule has 7 rings (SSSR count). The molecule has 13 nitrogen and oxygen atoms in total. The fraction of sp³-hybridized carbons (Fsp3) is 0.486. The van der Waals surface area contributed by atoms with Crippen molar-refractivity contribution in [1.82, 2.24) is 28.5 Å². The molecule has 2 aromatic carbocycles. The van der Waals surface area contributed by atoms with E-state index in [0.29, 0.717) is 68.1 Å². The number of thioether (sulfide) groups is 1. The predicted octanol–water partition coefficient (Wildman–Crippen LogP) is 6.56. The quantitative estimate of drug-likeness (QED) is 0.117. The highest BCUT2D eigenvalue weighted by molar-refractivity contribution is 8.01. The molecule has 3 aliphatic heterocycles. The number of nitrogens with one attached hydrogen (secondary N) is 1. The SMILES string of the molecule is C.C1CCOC1.COc1ccc(-c2nc(=S)s[nH]2)cc1.COc1ccc(-c2nsc(SCC(=O)N3CCOCC3)n2)cc1.O=C(CCl)N1CCOCC1. The van der Waals surface area contributed by atoms with Gasteiger partial charge in [-0.25, -0.2) is 9.97 Å². The topological polar surface area (TPSA) is 141 Å². The van der Waals surface area contributed by atoms with E-state index in [9.17, 15) is 9.59 Å². The van der Waals surface area contributed by atoms with Crippen molar-refractivity contribution in [3.8, 4) is 34.3 Å². The summed E-state index contributed by atoms with van der Waals surface area (Å²) in [6.45, 7) is 7.25. The largest absolute Gasteiger partial charge is 0.497 e. The van der Waals surface area contributed by atoms with E-state index in [2.05, 4.69) is 18.7 Å². The zero-order valence-corrected chi connectivity index (χ0v) is 33.1. The first-order valence-corrected chi connectivity index (χ1v) is 20.1. The Labute approximate surface area is 333 Å². The van der Waals surface area contributed by atoms with Gasteiger partial charge in [0.1, 0.15) is 23.2 Å². The van der Waals surface area contributed by atoms with E-state index in [1.165, 1.54) is 47.7 Å². The van der Waals surface area contributed by atoms with Gasteiger partial charge in [-0.15, -0.1) is 11.6 Å². The highest BCUT2D eigenvalue weighted by atomic mass is 35.5. The van der Waals surface area contributed by atoms with Crippen molar-refractivity contribution in [2.75, 3.05) is 91.7 Å². The number of nitrogens with zero attached hydrogens (tertiary/aromatic N) is 5. The fourth-order valence-electron chi connectivity index (χ4n) is 4.66. The number of amides is 2. The maximum absolute atomic E-state index is 12.1. The zero-order chi connectivity index (χ0) is 37.0. The third-order valence-corrected chi connectivity index (χ3v) is 10.5. The lowest BCUT2D eigenvalue weighted by Crippen LogP contribution is -2.41. The van der Waals surface area contributed by atoms with Gasteiger partial charge in [-0.05, 0) is 96.7 Å². The molecular weight excluding hydrogens is 780 g/mol. The molecule has 53 heavy (non-hydrogen) atoms. The lowest BCUT2D eigenvalue weighted by molar-refractivity contribution is -0.133. The number of methoxy groups -OCH3 is 2. The van der Waals surface area contributed by atoms with Crippen molar-refractivity contribution in [1.29, 1.82) is 0 Å². The monoisotopic (exact) mass is 826 g/mol. The van der Waals surface area contributed by atoms with Gasteiger partial charge in [0.15, 0.2) is 14.1 Å². The second-order valence-corrected chi connectivity index (χ2v) is 14.7. The summed E-state index contributed by atoms with van der Waals surface area (Å²) in [7, 11) is 3.28. The predicted molar refractivity (Wildman–Crippen MR) is 214 cm³/mol. The number of aromatic nitrogens is 4. The van der Waals surface area contributed by atoms with E-state index in [0.717, 1.165) is 46.0 Å². The number of halogens is 1. The summed E-state index contributed by atoms with van der Waals surface area (Å²) in [6.07, 6.45) is 2.56. The average Bonchev–Trinajstić information content (AvgIpc) is 4.03. The van der Waals surface area contributed by atoms with Crippen LogP contribution in [-0.2, 0) is 23.8 Å². The summed E-state index contributed by atoms with van der Waals surface area (Å²) in [6, 6.07) is 15.3. The van der Waals surface area contributed by atoms with Crippen LogP contribution in [0.2, 0.25) is 0 Å². The van der Waals surface area contributed by atoms with Crippen molar-refractivity contribution in [2.45, 2.75) is 24.6 Å². The number of hydrogen-bond acceptors (Lipinski definition) is 14. The van der Waals surface area contributed by atoms with Gasteiger partial charge in [0.05, 0.1) is 46.4 Å². The Hall–Kier alpha value is -3.16. The lowest BCUT2D eigenvalue weighted by Gasteiger charge is -2.26. The van der Waals surface area contributed by atoms with Crippen molar-refractivity contribution >= 4 is 70.5 Å². The van der Waals surface area contributed by atoms with Gasteiger partial charge in [-0.2, -0.15) is 4.37 Å². The van der Waals surface area contributed by atoms with Crippen LogP contribution >= 0.6 is 58.6 Å². The minimum absolute atomic E-state index is 0. The van der Waals surface area contributed by atoms with Crippen molar-refractivity contribution < 1.29 is 33.3 Å². The highest BCUT2D eigenvalue weighted by Crippen LogP contribution is 2.27. The first kappa shape index (κ1) is 44.2. The first-order chi connectivity index (χ1) is 25.4. The molecule has 0 unspecified atom stereocenters. The Morgan fingerprint density at radius 2 is 1.32 bits per heavy atom. The number of aromatic amines is 1. The Kier molecular flexibility index (Phi) is 20.9. The normalized spacial score (nSPS) is 14.9. The number of carbonyl (C=O) groups excluding carboxylic acids is 2. The number of morpholine rings is 2. The number of rotatable bonds is 8. The van der Waals surface area contributed by atoms with Crippen LogP contribution in [0.3, 0.4) is 0 Å². The van der Waals surface area contributed by atoms with Crippen LogP contribution in [0.25, 0.3) is 22.8 Å². The van der Waals surface area contributed by atoms with Crippen molar-refractivity contribution in [2.24, 2.45) is 0 Å². The van der Waals surface area contributed by atoms with Gasteiger partial charge in [0, 0.05) is 50.5 Å². The molecule has 0 spiro atoms. The molecule has 3 saturated heterocycles. The number of ether oxygens (including phenoxy) is 5. The Balaban J connectivity index is 0.000000214. The molecule has 0 bridgehead atoms. The summed E-state index contributed by atoms with van der Waals surface area (Å²) in [4.78, 5) is 35.2. The lowest BCUT2D eigenvalue weighted by atomic mass is 10.2.